The molecule has 0 bridgehead atoms. The molecule has 7 heteroatoms. The molecule has 0 amide bonds. The predicted octanol–water partition coefficient (Wildman–Crippen LogP) is 3.10. The standard InChI is InChI=1S/C19H21NO5S/c1-12-5-6-16(11-13(12)2)19(22)25-14(3)18(21)15-7-9-17(10-8-15)20-26(4,23)24/h5-11,14,20H,1-4H3/t14-/m0/s1. The smallest absolute Gasteiger partial charge is 0.338 e. The molecule has 2 rings (SSSR count). The summed E-state index contributed by atoms with van der Waals surface area (Å²) >= 11 is 0. The maximum Gasteiger partial charge on any atom is 0.338 e. The Morgan fingerprint density at radius 3 is 2.08 bits per heavy atom. The van der Waals surface area contributed by atoms with Crippen LogP contribution >= 0.6 is 0 Å². The van der Waals surface area contributed by atoms with Crippen molar-refractivity contribution in [2.75, 3.05) is 11.0 Å². The summed E-state index contributed by atoms with van der Waals surface area (Å²) in [6.45, 7) is 5.34. The van der Waals surface area contributed by atoms with Gasteiger partial charge in [-0.05, 0) is 68.3 Å². The number of sulfonamides is 1. The zero-order chi connectivity index (χ0) is 19.5. The first kappa shape index (κ1) is 19.7. The number of benzene rings is 2. The molecule has 0 aliphatic heterocycles. The maximum absolute atomic E-state index is 12.4. The van der Waals surface area contributed by atoms with Gasteiger partial charge in [-0.15, -0.1) is 0 Å². The zero-order valence-corrected chi connectivity index (χ0v) is 15.9. The highest BCUT2D eigenvalue weighted by atomic mass is 32.2. The fraction of sp³-hybridized carbons (Fsp3) is 0.263. The molecule has 1 N–H and O–H groups in total. The average Bonchev–Trinajstić information content (AvgIpc) is 2.55. The lowest BCUT2D eigenvalue weighted by Crippen LogP contribution is -2.24. The molecule has 1 atom stereocenters. The number of Topliss-reactive ketones (excluding diaryl/α,β-unsaturated/α-hetero) is 1. The molecular formula is C19H21NO5S. The second-order valence-electron chi connectivity index (χ2n) is 6.16. The van der Waals surface area contributed by atoms with E-state index in [4.69, 9.17) is 4.74 Å². The van der Waals surface area contributed by atoms with Gasteiger partial charge in [0.2, 0.25) is 15.8 Å². The van der Waals surface area contributed by atoms with Gasteiger partial charge in [-0.3, -0.25) is 9.52 Å². The molecule has 0 unspecified atom stereocenters. The van der Waals surface area contributed by atoms with Crippen LogP contribution in [0.1, 0.15) is 38.8 Å². The molecule has 0 spiro atoms. The van der Waals surface area contributed by atoms with Crippen molar-refractivity contribution < 1.29 is 22.7 Å². The van der Waals surface area contributed by atoms with E-state index in [0.717, 1.165) is 17.4 Å². The van der Waals surface area contributed by atoms with E-state index in [1.54, 1.807) is 12.1 Å². The summed E-state index contributed by atoms with van der Waals surface area (Å²) in [4.78, 5) is 24.6. The molecule has 0 fully saturated rings. The van der Waals surface area contributed by atoms with Gasteiger partial charge in [-0.1, -0.05) is 6.07 Å². The van der Waals surface area contributed by atoms with Crippen molar-refractivity contribution in [2.45, 2.75) is 26.9 Å². The molecule has 2 aromatic carbocycles. The molecule has 0 radical (unpaired) electrons. The molecule has 0 aromatic heterocycles. The summed E-state index contributed by atoms with van der Waals surface area (Å²) in [5.74, 6) is -0.933. The molecule has 6 nitrogen and oxygen atoms in total. The predicted molar refractivity (Wildman–Crippen MR) is 100 cm³/mol. The number of rotatable bonds is 6. The Morgan fingerprint density at radius 2 is 1.54 bits per heavy atom. The van der Waals surface area contributed by atoms with Crippen molar-refractivity contribution in [3.8, 4) is 0 Å². The van der Waals surface area contributed by atoms with Crippen LogP contribution in [0.15, 0.2) is 42.5 Å². The molecular weight excluding hydrogens is 354 g/mol. The van der Waals surface area contributed by atoms with Crippen molar-refractivity contribution in [3.05, 3.63) is 64.7 Å². The monoisotopic (exact) mass is 375 g/mol. The quantitative estimate of drug-likeness (QED) is 0.619. The first-order valence-corrected chi connectivity index (χ1v) is 9.86. The summed E-state index contributed by atoms with van der Waals surface area (Å²) in [5, 5.41) is 0. The Hall–Kier alpha value is -2.67. The van der Waals surface area contributed by atoms with Gasteiger partial charge in [0.1, 0.15) is 0 Å². The van der Waals surface area contributed by atoms with E-state index in [2.05, 4.69) is 4.72 Å². The highest BCUT2D eigenvalue weighted by Crippen LogP contribution is 2.15. The van der Waals surface area contributed by atoms with Crippen LogP contribution in [0.25, 0.3) is 0 Å². The minimum absolute atomic E-state index is 0.324. The maximum atomic E-state index is 12.4. The van der Waals surface area contributed by atoms with E-state index in [-0.39, 0.29) is 5.78 Å². The van der Waals surface area contributed by atoms with Gasteiger partial charge in [0, 0.05) is 11.3 Å². The second kappa shape index (κ2) is 7.70. The molecule has 0 heterocycles. The van der Waals surface area contributed by atoms with Gasteiger partial charge in [0.25, 0.3) is 0 Å². The van der Waals surface area contributed by atoms with E-state index in [9.17, 15) is 18.0 Å². The normalized spacial score (nSPS) is 12.3. The highest BCUT2D eigenvalue weighted by Gasteiger charge is 2.20. The molecule has 138 valence electrons. The topological polar surface area (TPSA) is 89.5 Å². The zero-order valence-electron chi connectivity index (χ0n) is 15.1. The van der Waals surface area contributed by atoms with Gasteiger partial charge in [0.05, 0.1) is 11.8 Å². The third kappa shape index (κ3) is 5.16. The van der Waals surface area contributed by atoms with Crippen molar-refractivity contribution in [1.82, 2.24) is 0 Å². The number of carbonyl (C=O) groups is 2. The van der Waals surface area contributed by atoms with Crippen LogP contribution < -0.4 is 4.72 Å². The van der Waals surface area contributed by atoms with Crippen LogP contribution in [0, 0.1) is 13.8 Å². The number of anilines is 1. The number of esters is 1. The summed E-state index contributed by atoms with van der Waals surface area (Å²) in [6, 6.07) is 11.1. The number of hydrogen-bond acceptors (Lipinski definition) is 5. The van der Waals surface area contributed by atoms with E-state index in [1.807, 2.05) is 19.9 Å². The number of hydrogen-bond donors (Lipinski definition) is 1. The van der Waals surface area contributed by atoms with Crippen LogP contribution in [0.2, 0.25) is 0 Å². The second-order valence-corrected chi connectivity index (χ2v) is 7.91. The molecule has 0 saturated heterocycles. The lowest BCUT2D eigenvalue weighted by atomic mass is 10.1. The molecule has 26 heavy (non-hydrogen) atoms. The van der Waals surface area contributed by atoms with Crippen molar-refractivity contribution in [3.63, 3.8) is 0 Å². The first-order valence-electron chi connectivity index (χ1n) is 7.97. The number of nitrogens with one attached hydrogen (secondary N) is 1. The summed E-state index contributed by atoms with van der Waals surface area (Å²) in [5.41, 5.74) is 3.09. The van der Waals surface area contributed by atoms with E-state index >= 15 is 0 Å². The summed E-state index contributed by atoms with van der Waals surface area (Å²) in [7, 11) is -3.38. The largest absolute Gasteiger partial charge is 0.451 e. The van der Waals surface area contributed by atoms with Gasteiger partial charge in [-0.25, -0.2) is 13.2 Å². The number of aryl methyl sites for hydroxylation is 2. The Balaban J connectivity index is 2.06. The Kier molecular flexibility index (Phi) is 5.82. The lowest BCUT2D eigenvalue weighted by molar-refractivity contribution is 0.0318. The summed E-state index contributed by atoms with van der Waals surface area (Å²) in [6.07, 6.45) is 0.0817. The minimum atomic E-state index is -3.38. The van der Waals surface area contributed by atoms with Gasteiger partial charge in [-0.2, -0.15) is 0 Å². The van der Waals surface area contributed by atoms with Gasteiger partial charge < -0.3 is 4.74 Å². The fourth-order valence-corrected chi connectivity index (χ4v) is 2.87. The van der Waals surface area contributed by atoms with Crippen LogP contribution in [0.5, 0.6) is 0 Å². The Bertz CT molecular complexity index is 933. The Labute approximate surface area is 153 Å². The minimum Gasteiger partial charge on any atom is -0.451 e. The van der Waals surface area contributed by atoms with Crippen LogP contribution in [0.3, 0.4) is 0 Å². The molecule has 0 saturated carbocycles. The van der Waals surface area contributed by atoms with E-state index in [0.29, 0.717) is 16.8 Å². The van der Waals surface area contributed by atoms with Gasteiger partial charge in [0.15, 0.2) is 6.10 Å². The van der Waals surface area contributed by atoms with Crippen molar-refractivity contribution in [2.24, 2.45) is 0 Å². The Morgan fingerprint density at radius 1 is 0.962 bits per heavy atom. The molecule has 0 aliphatic carbocycles. The molecule has 2 aromatic rings. The van der Waals surface area contributed by atoms with Crippen LogP contribution in [-0.4, -0.2) is 32.5 Å². The van der Waals surface area contributed by atoms with Crippen molar-refractivity contribution >= 4 is 27.5 Å². The van der Waals surface area contributed by atoms with Crippen molar-refractivity contribution in [1.29, 1.82) is 0 Å². The molecule has 0 aliphatic rings. The SMILES string of the molecule is Cc1ccc(C(=O)O[C@@H](C)C(=O)c2ccc(NS(C)(=O)=O)cc2)cc1C. The fourth-order valence-electron chi connectivity index (χ4n) is 2.30. The summed E-state index contributed by atoms with van der Waals surface area (Å²) < 4.78 is 30.0. The first-order chi connectivity index (χ1) is 12.1. The highest BCUT2D eigenvalue weighted by molar-refractivity contribution is 7.92. The third-order valence-corrected chi connectivity index (χ3v) is 4.47. The lowest BCUT2D eigenvalue weighted by Gasteiger charge is -2.13. The van der Waals surface area contributed by atoms with Crippen LogP contribution in [-0.2, 0) is 14.8 Å². The number of ketones is 1. The van der Waals surface area contributed by atoms with Gasteiger partial charge >= 0.3 is 5.97 Å². The average molecular weight is 375 g/mol. The van der Waals surface area contributed by atoms with E-state index in [1.165, 1.54) is 31.2 Å². The number of ether oxygens (including phenoxy) is 1. The number of carbonyl (C=O) groups excluding carboxylic acids is 2. The van der Waals surface area contributed by atoms with Crippen LogP contribution in [0.4, 0.5) is 5.69 Å². The van der Waals surface area contributed by atoms with E-state index < -0.39 is 22.1 Å². The third-order valence-electron chi connectivity index (χ3n) is 3.87.